The summed E-state index contributed by atoms with van der Waals surface area (Å²) in [6.07, 6.45) is 3.55. The Labute approximate surface area is 106 Å². The minimum atomic E-state index is -0.800. The van der Waals surface area contributed by atoms with E-state index < -0.39 is 11.2 Å². The predicted molar refractivity (Wildman–Crippen MR) is 66.3 cm³/mol. The number of hydrogen-bond acceptors (Lipinski definition) is 4. The van der Waals surface area contributed by atoms with Crippen LogP contribution in [0.2, 0.25) is 0 Å². The number of nitrogens with zero attached hydrogens (tertiary/aromatic N) is 1. The smallest absolute Gasteiger partial charge is 0.313 e. The van der Waals surface area contributed by atoms with Crippen molar-refractivity contribution in [2.45, 2.75) is 26.7 Å². The summed E-state index contributed by atoms with van der Waals surface area (Å²) in [5, 5.41) is 0. The van der Waals surface area contributed by atoms with E-state index in [1.165, 1.54) is 6.07 Å². The number of hydrogen-bond donors (Lipinski definition) is 1. The highest BCUT2D eigenvalue weighted by molar-refractivity contribution is 5.77. The molecule has 4 nitrogen and oxygen atoms in total. The molecule has 0 aromatic carbocycles. The first-order chi connectivity index (χ1) is 8.57. The summed E-state index contributed by atoms with van der Waals surface area (Å²) >= 11 is 0. The predicted octanol–water partition coefficient (Wildman–Crippen LogP) is 1.68. The van der Waals surface area contributed by atoms with E-state index in [2.05, 4.69) is 4.98 Å². The van der Waals surface area contributed by atoms with Crippen LogP contribution in [0, 0.1) is 11.2 Å². The molecule has 1 rings (SSSR count). The monoisotopic (exact) mass is 254 g/mol. The fourth-order valence-corrected chi connectivity index (χ4v) is 1.87. The third-order valence-corrected chi connectivity index (χ3v) is 3.08. The number of aromatic nitrogens is 1. The summed E-state index contributed by atoms with van der Waals surface area (Å²) in [7, 11) is 0. The molecule has 0 bridgehead atoms. The molecule has 1 aromatic rings. The van der Waals surface area contributed by atoms with Gasteiger partial charge >= 0.3 is 5.97 Å². The van der Waals surface area contributed by atoms with Crippen LogP contribution < -0.4 is 5.73 Å². The van der Waals surface area contributed by atoms with Crippen LogP contribution in [0.3, 0.4) is 0 Å². The Hall–Kier alpha value is -1.49. The second kappa shape index (κ2) is 6.44. The van der Waals surface area contributed by atoms with Crippen LogP contribution >= 0.6 is 0 Å². The lowest BCUT2D eigenvalue weighted by Crippen LogP contribution is -2.41. The zero-order chi connectivity index (χ0) is 13.6. The largest absolute Gasteiger partial charge is 0.466 e. The van der Waals surface area contributed by atoms with Gasteiger partial charge in [0, 0.05) is 12.7 Å². The molecule has 0 saturated carbocycles. The number of rotatable bonds is 6. The third-order valence-electron chi connectivity index (χ3n) is 3.08. The molecule has 1 aromatic heterocycles. The lowest BCUT2D eigenvalue weighted by atomic mass is 9.79. The van der Waals surface area contributed by atoms with Gasteiger partial charge in [0.1, 0.15) is 5.82 Å². The standard InChI is InChI=1S/C13H19FN2O2/c1-3-13(9-15,12(17)18-4-2)6-10-5-11(14)8-16-7-10/h5,7-8H,3-4,6,9,15H2,1-2H3. The summed E-state index contributed by atoms with van der Waals surface area (Å²) in [6, 6.07) is 1.37. The molecule has 1 unspecified atom stereocenters. The average Bonchev–Trinajstić information content (AvgIpc) is 2.36. The number of esters is 1. The third kappa shape index (κ3) is 3.26. The van der Waals surface area contributed by atoms with Crippen LogP contribution in [0.5, 0.6) is 0 Å². The van der Waals surface area contributed by atoms with Gasteiger partial charge in [-0.2, -0.15) is 0 Å². The molecule has 0 aliphatic heterocycles. The number of carbonyl (C=O) groups is 1. The molecule has 1 heterocycles. The van der Waals surface area contributed by atoms with Gasteiger partial charge in [0.2, 0.25) is 0 Å². The first kappa shape index (κ1) is 14.6. The molecule has 2 N–H and O–H groups in total. The van der Waals surface area contributed by atoms with Gasteiger partial charge in [-0.25, -0.2) is 4.39 Å². The van der Waals surface area contributed by atoms with Gasteiger partial charge in [-0.15, -0.1) is 0 Å². The highest BCUT2D eigenvalue weighted by Gasteiger charge is 2.37. The highest BCUT2D eigenvalue weighted by atomic mass is 19.1. The van der Waals surface area contributed by atoms with Gasteiger partial charge < -0.3 is 10.5 Å². The molecular weight excluding hydrogens is 235 g/mol. The van der Waals surface area contributed by atoms with E-state index in [1.54, 1.807) is 13.1 Å². The Bertz CT molecular complexity index is 406. The topological polar surface area (TPSA) is 65.2 Å². The van der Waals surface area contributed by atoms with E-state index in [-0.39, 0.29) is 12.5 Å². The van der Waals surface area contributed by atoms with Crippen LogP contribution in [0.25, 0.3) is 0 Å². The summed E-state index contributed by atoms with van der Waals surface area (Å²) < 4.78 is 18.1. The fourth-order valence-electron chi connectivity index (χ4n) is 1.87. The normalized spacial score (nSPS) is 14.0. The summed E-state index contributed by atoms with van der Waals surface area (Å²) in [5.74, 6) is -0.752. The Morgan fingerprint density at radius 3 is 2.72 bits per heavy atom. The molecule has 0 saturated heterocycles. The minimum Gasteiger partial charge on any atom is -0.466 e. The molecule has 5 heteroatoms. The molecule has 0 aliphatic carbocycles. The molecule has 0 amide bonds. The molecule has 0 radical (unpaired) electrons. The van der Waals surface area contributed by atoms with Gasteiger partial charge in [0.15, 0.2) is 0 Å². The van der Waals surface area contributed by atoms with E-state index in [0.29, 0.717) is 25.0 Å². The molecule has 100 valence electrons. The zero-order valence-electron chi connectivity index (χ0n) is 10.8. The van der Waals surface area contributed by atoms with Crippen molar-refractivity contribution >= 4 is 5.97 Å². The number of ether oxygens (including phenoxy) is 1. The minimum absolute atomic E-state index is 0.166. The molecule has 18 heavy (non-hydrogen) atoms. The van der Waals surface area contributed by atoms with Crippen molar-refractivity contribution in [1.29, 1.82) is 0 Å². The fraction of sp³-hybridized carbons (Fsp3) is 0.538. The lowest BCUT2D eigenvalue weighted by Gasteiger charge is -2.28. The maximum atomic E-state index is 13.1. The maximum Gasteiger partial charge on any atom is 0.313 e. The number of carbonyl (C=O) groups excluding carboxylic acids is 1. The molecule has 0 spiro atoms. The molecule has 0 aliphatic rings. The Morgan fingerprint density at radius 2 is 2.22 bits per heavy atom. The van der Waals surface area contributed by atoms with Crippen molar-refractivity contribution < 1.29 is 13.9 Å². The van der Waals surface area contributed by atoms with E-state index in [9.17, 15) is 9.18 Å². The van der Waals surface area contributed by atoms with Gasteiger partial charge in [0.05, 0.1) is 18.2 Å². The van der Waals surface area contributed by atoms with Crippen molar-refractivity contribution in [3.63, 3.8) is 0 Å². The van der Waals surface area contributed by atoms with Crippen LogP contribution in [0.15, 0.2) is 18.5 Å². The van der Waals surface area contributed by atoms with Crippen LogP contribution in [-0.4, -0.2) is 24.1 Å². The van der Waals surface area contributed by atoms with Crippen LogP contribution in [-0.2, 0) is 16.0 Å². The van der Waals surface area contributed by atoms with Gasteiger partial charge in [-0.3, -0.25) is 9.78 Å². The van der Waals surface area contributed by atoms with Crippen LogP contribution in [0.4, 0.5) is 4.39 Å². The quantitative estimate of drug-likeness (QED) is 0.784. The van der Waals surface area contributed by atoms with Crippen molar-refractivity contribution in [3.8, 4) is 0 Å². The number of nitrogens with two attached hydrogens (primary N) is 1. The van der Waals surface area contributed by atoms with Crippen molar-refractivity contribution in [2.24, 2.45) is 11.1 Å². The Balaban J connectivity index is 2.95. The summed E-state index contributed by atoms with van der Waals surface area (Å²) in [4.78, 5) is 15.8. The van der Waals surface area contributed by atoms with Gasteiger partial charge in [-0.05, 0) is 31.4 Å². The SMILES string of the molecule is CCOC(=O)C(CC)(CN)Cc1cncc(F)c1. The van der Waals surface area contributed by atoms with E-state index in [1.807, 2.05) is 6.92 Å². The lowest BCUT2D eigenvalue weighted by molar-refractivity contribution is -0.155. The van der Waals surface area contributed by atoms with Gasteiger partial charge in [-0.1, -0.05) is 6.92 Å². The second-order valence-corrected chi connectivity index (χ2v) is 4.25. The van der Waals surface area contributed by atoms with E-state index >= 15 is 0 Å². The van der Waals surface area contributed by atoms with E-state index in [0.717, 1.165) is 6.20 Å². The number of halogens is 1. The Morgan fingerprint density at radius 1 is 1.50 bits per heavy atom. The summed E-state index contributed by atoms with van der Waals surface area (Å²) in [6.45, 7) is 4.09. The molecule has 1 atom stereocenters. The average molecular weight is 254 g/mol. The molecule has 0 fully saturated rings. The maximum absolute atomic E-state index is 13.1. The van der Waals surface area contributed by atoms with Crippen molar-refractivity contribution in [2.75, 3.05) is 13.2 Å². The van der Waals surface area contributed by atoms with E-state index in [4.69, 9.17) is 10.5 Å². The number of pyridine rings is 1. The van der Waals surface area contributed by atoms with Crippen molar-refractivity contribution in [1.82, 2.24) is 4.98 Å². The Kier molecular flexibility index (Phi) is 5.22. The second-order valence-electron chi connectivity index (χ2n) is 4.25. The summed E-state index contributed by atoms with van der Waals surface area (Å²) in [5.41, 5.74) is 5.57. The first-order valence-corrected chi connectivity index (χ1v) is 6.04. The van der Waals surface area contributed by atoms with Gasteiger partial charge in [0.25, 0.3) is 0 Å². The first-order valence-electron chi connectivity index (χ1n) is 6.04. The highest BCUT2D eigenvalue weighted by Crippen LogP contribution is 2.27. The van der Waals surface area contributed by atoms with Crippen molar-refractivity contribution in [3.05, 3.63) is 29.8 Å². The molecular formula is C13H19FN2O2. The van der Waals surface area contributed by atoms with Crippen LogP contribution in [0.1, 0.15) is 25.8 Å². The zero-order valence-corrected chi connectivity index (χ0v) is 10.8.